The molecule has 1 heterocycles. The smallest absolute Gasteiger partial charge is 0.240 e. The SMILES string of the molecule is CCOc1ccc(S(=O)(=O)NCC(C)N2CCCCC2)cc1. The van der Waals surface area contributed by atoms with E-state index in [2.05, 4.69) is 16.5 Å². The molecule has 0 aromatic heterocycles. The number of ether oxygens (including phenoxy) is 1. The first kappa shape index (κ1) is 17.2. The van der Waals surface area contributed by atoms with E-state index in [1.54, 1.807) is 24.3 Å². The maximum Gasteiger partial charge on any atom is 0.240 e. The van der Waals surface area contributed by atoms with E-state index in [1.807, 2.05) is 6.92 Å². The van der Waals surface area contributed by atoms with Gasteiger partial charge >= 0.3 is 0 Å². The minimum atomic E-state index is -3.46. The van der Waals surface area contributed by atoms with Crippen LogP contribution in [-0.2, 0) is 10.0 Å². The van der Waals surface area contributed by atoms with Crippen molar-refractivity contribution in [2.24, 2.45) is 0 Å². The van der Waals surface area contributed by atoms with Crippen LogP contribution in [0.4, 0.5) is 0 Å². The largest absolute Gasteiger partial charge is 0.494 e. The third kappa shape index (κ3) is 4.69. The third-order valence-corrected chi connectivity index (χ3v) is 5.47. The lowest BCUT2D eigenvalue weighted by atomic mass is 10.1. The van der Waals surface area contributed by atoms with Crippen LogP contribution < -0.4 is 9.46 Å². The first-order valence-electron chi connectivity index (χ1n) is 7.99. The van der Waals surface area contributed by atoms with Gasteiger partial charge in [-0.1, -0.05) is 6.42 Å². The van der Waals surface area contributed by atoms with Crippen molar-refractivity contribution >= 4 is 10.0 Å². The third-order valence-electron chi connectivity index (χ3n) is 4.03. The van der Waals surface area contributed by atoms with Crippen molar-refractivity contribution in [3.8, 4) is 5.75 Å². The van der Waals surface area contributed by atoms with Gasteiger partial charge in [-0.05, 0) is 64.0 Å². The number of nitrogens with one attached hydrogen (secondary N) is 1. The van der Waals surface area contributed by atoms with Gasteiger partial charge in [0.25, 0.3) is 0 Å². The Morgan fingerprint density at radius 2 is 1.82 bits per heavy atom. The molecule has 0 aliphatic carbocycles. The van der Waals surface area contributed by atoms with Crippen molar-refractivity contribution in [2.75, 3.05) is 26.2 Å². The molecule has 1 aliphatic heterocycles. The number of hydrogen-bond donors (Lipinski definition) is 1. The molecule has 1 aromatic rings. The topological polar surface area (TPSA) is 58.6 Å². The Labute approximate surface area is 133 Å². The summed E-state index contributed by atoms with van der Waals surface area (Å²) in [5, 5.41) is 0. The highest BCUT2D eigenvalue weighted by molar-refractivity contribution is 7.89. The lowest BCUT2D eigenvalue weighted by Crippen LogP contribution is -2.44. The van der Waals surface area contributed by atoms with E-state index >= 15 is 0 Å². The van der Waals surface area contributed by atoms with Crippen LogP contribution in [0.15, 0.2) is 29.2 Å². The molecule has 0 amide bonds. The zero-order chi connectivity index (χ0) is 16.0. The Kier molecular flexibility index (Phi) is 6.23. The van der Waals surface area contributed by atoms with E-state index in [4.69, 9.17) is 4.74 Å². The van der Waals surface area contributed by atoms with E-state index in [0.29, 0.717) is 18.9 Å². The maximum atomic E-state index is 12.3. The van der Waals surface area contributed by atoms with Gasteiger partial charge in [0, 0.05) is 12.6 Å². The van der Waals surface area contributed by atoms with Crippen LogP contribution in [-0.4, -0.2) is 45.6 Å². The molecule has 1 fully saturated rings. The summed E-state index contributed by atoms with van der Waals surface area (Å²) in [5.74, 6) is 0.683. The molecule has 0 saturated carbocycles. The summed E-state index contributed by atoms with van der Waals surface area (Å²) in [6.45, 7) is 7.10. The maximum absolute atomic E-state index is 12.3. The molecule has 1 saturated heterocycles. The lowest BCUT2D eigenvalue weighted by molar-refractivity contribution is 0.175. The zero-order valence-electron chi connectivity index (χ0n) is 13.4. The highest BCUT2D eigenvalue weighted by Crippen LogP contribution is 2.16. The normalized spacial score (nSPS) is 18.1. The van der Waals surface area contributed by atoms with Gasteiger partial charge in [-0.15, -0.1) is 0 Å². The fraction of sp³-hybridized carbons (Fsp3) is 0.625. The monoisotopic (exact) mass is 326 g/mol. The van der Waals surface area contributed by atoms with Crippen LogP contribution in [0.2, 0.25) is 0 Å². The zero-order valence-corrected chi connectivity index (χ0v) is 14.2. The summed E-state index contributed by atoms with van der Waals surface area (Å²) < 4.78 is 32.7. The second-order valence-electron chi connectivity index (χ2n) is 5.70. The molecule has 0 spiro atoms. The fourth-order valence-electron chi connectivity index (χ4n) is 2.68. The minimum Gasteiger partial charge on any atom is -0.494 e. The average molecular weight is 326 g/mol. The molecule has 124 valence electrons. The molecule has 1 aromatic carbocycles. The number of sulfonamides is 1. The van der Waals surface area contributed by atoms with E-state index in [1.165, 1.54) is 19.3 Å². The van der Waals surface area contributed by atoms with Crippen molar-refractivity contribution in [2.45, 2.75) is 44.0 Å². The van der Waals surface area contributed by atoms with Gasteiger partial charge in [-0.25, -0.2) is 13.1 Å². The van der Waals surface area contributed by atoms with Crippen LogP contribution in [0.3, 0.4) is 0 Å². The predicted molar refractivity (Wildman–Crippen MR) is 87.7 cm³/mol. The number of hydrogen-bond acceptors (Lipinski definition) is 4. The fourth-order valence-corrected chi connectivity index (χ4v) is 3.81. The Bertz CT molecular complexity index is 551. The highest BCUT2D eigenvalue weighted by Gasteiger charge is 2.20. The van der Waals surface area contributed by atoms with Crippen molar-refractivity contribution in [1.29, 1.82) is 0 Å². The number of piperidine rings is 1. The molecule has 1 atom stereocenters. The second-order valence-corrected chi connectivity index (χ2v) is 7.47. The Balaban J connectivity index is 1.92. The first-order valence-corrected chi connectivity index (χ1v) is 9.48. The van der Waals surface area contributed by atoms with Crippen molar-refractivity contribution in [3.05, 3.63) is 24.3 Å². The van der Waals surface area contributed by atoms with Gasteiger partial charge in [0.2, 0.25) is 10.0 Å². The number of nitrogens with zero attached hydrogens (tertiary/aromatic N) is 1. The van der Waals surface area contributed by atoms with E-state index in [-0.39, 0.29) is 10.9 Å². The second kappa shape index (κ2) is 7.94. The molecule has 0 radical (unpaired) electrons. The highest BCUT2D eigenvalue weighted by atomic mass is 32.2. The van der Waals surface area contributed by atoms with Crippen molar-refractivity contribution in [3.63, 3.8) is 0 Å². The van der Waals surface area contributed by atoms with E-state index in [9.17, 15) is 8.42 Å². The molecule has 1 N–H and O–H groups in total. The molecule has 1 aliphatic rings. The van der Waals surface area contributed by atoms with E-state index < -0.39 is 10.0 Å². The minimum absolute atomic E-state index is 0.220. The summed E-state index contributed by atoms with van der Waals surface area (Å²) in [6.07, 6.45) is 3.69. The summed E-state index contributed by atoms with van der Waals surface area (Å²) >= 11 is 0. The number of rotatable bonds is 7. The van der Waals surface area contributed by atoms with Crippen LogP contribution >= 0.6 is 0 Å². The van der Waals surface area contributed by atoms with Gasteiger partial charge in [0.1, 0.15) is 5.75 Å². The predicted octanol–water partition coefficient (Wildman–Crippen LogP) is 2.24. The standard InChI is InChI=1S/C16H26N2O3S/c1-3-21-15-7-9-16(10-8-15)22(19,20)17-13-14(2)18-11-5-4-6-12-18/h7-10,14,17H,3-6,11-13H2,1-2H3. The van der Waals surface area contributed by atoms with Gasteiger partial charge in [0.05, 0.1) is 11.5 Å². The molecular weight excluding hydrogens is 300 g/mol. The summed E-state index contributed by atoms with van der Waals surface area (Å²) in [6, 6.07) is 6.76. The molecule has 2 rings (SSSR count). The van der Waals surface area contributed by atoms with E-state index in [0.717, 1.165) is 13.1 Å². The van der Waals surface area contributed by atoms with Crippen LogP contribution in [0.25, 0.3) is 0 Å². The Hall–Kier alpha value is -1.11. The molecule has 5 nitrogen and oxygen atoms in total. The van der Waals surface area contributed by atoms with Gasteiger partial charge in [-0.2, -0.15) is 0 Å². The van der Waals surface area contributed by atoms with Gasteiger partial charge < -0.3 is 4.74 Å². The number of benzene rings is 1. The molecule has 6 heteroatoms. The number of likely N-dealkylation sites (tertiary alicyclic amines) is 1. The molecular formula is C16H26N2O3S. The molecule has 0 bridgehead atoms. The Morgan fingerprint density at radius 3 is 2.41 bits per heavy atom. The summed E-state index contributed by atoms with van der Waals surface area (Å²) in [5.41, 5.74) is 0. The first-order chi connectivity index (χ1) is 10.5. The van der Waals surface area contributed by atoms with Crippen LogP contribution in [0.5, 0.6) is 5.75 Å². The molecule has 1 unspecified atom stereocenters. The van der Waals surface area contributed by atoms with Gasteiger partial charge in [-0.3, -0.25) is 4.90 Å². The quantitative estimate of drug-likeness (QED) is 0.835. The van der Waals surface area contributed by atoms with Crippen molar-refractivity contribution < 1.29 is 13.2 Å². The Morgan fingerprint density at radius 1 is 1.18 bits per heavy atom. The van der Waals surface area contributed by atoms with Crippen molar-refractivity contribution in [1.82, 2.24) is 9.62 Å². The van der Waals surface area contributed by atoms with Crippen LogP contribution in [0.1, 0.15) is 33.1 Å². The summed E-state index contributed by atoms with van der Waals surface area (Å²) in [4.78, 5) is 2.63. The molecule has 22 heavy (non-hydrogen) atoms. The van der Waals surface area contributed by atoms with Crippen LogP contribution in [0, 0.1) is 0 Å². The van der Waals surface area contributed by atoms with Gasteiger partial charge in [0.15, 0.2) is 0 Å². The lowest BCUT2D eigenvalue weighted by Gasteiger charge is -2.32. The summed E-state index contributed by atoms with van der Waals surface area (Å²) in [7, 11) is -3.46. The average Bonchev–Trinajstić information content (AvgIpc) is 2.54.